The van der Waals surface area contributed by atoms with Crippen molar-refractivity contribution in [1.82, 2.24) is 10.6 Å². The zero-order valence-electron chi connectivity index (χ0n) is 14.6. The molecule has 0 amide bonds. The molecule has 21 heavy (non-hydrogen) atoms. The standard InChI is InChI=1S/C19H26N2/c1-3-9-18(10-4-1)13-7-15-20-17-21-16-8-14-19-11-5-2-6-12-19/h1-6,9-12,20-21H,7-8,13-17H2/i/hD2. The first kappa shape index (κ1) is 13.1. The van der Waals surface area contributed by atoms with Crippen LogP contribution in [0.3, 0.4) is 0 Å². The molecular formula is C19H26N2. The first-order chi connectivity index (χ1) is 11.2. The van der Waals surface area contributed by atoms with Gasteiger partial charge in [0.25, 0.3) is 0 Å². The molecule has 0 heterocycles. The minimum Gasteiger partial charge on any atom is -0.304 e. The largest absolute Gasteiger partial charge is 0.304 e. The van der Waals surface area contributed by atoms with E-state index in [0.717, 1.165) is 25.7 Å². The molecule has 0 bridgehead atoms. The SMILES string of the molecule is [2H]N(CCCc1ccccc1)CN([2H])CCCc1ccccc1. The average molecular weight is 284 g/mol. The Kier molecular flexibility index (Phi) is 6.30. The van der Waals surface area contributed by atoms with Crippen LogP contribution in [0.2, 0.25) is 2.82 Å². The van der Waals surface area contributed by atoms with Crippen molar-refractivity contribution in [3.8, 4) is 0 Å². The molecule has 0 aliphatic heterocycles. The lowest BCUT2D eigenvalue weighted by Crippen LogP contribution is -2.30. The number of nitrogens with one attached hydrogen (secondary N) is 2. The molecule has 0 saturated heterocycles. The van der Waals surface area contributed by atoms with Crippen LogP contribution in [-0.4, -0.2) is 19.8 Å². The van der Waals surface area contributed by atoms with E-state index in [-0.39, 0.29) is 0 Å². The maximum Gasteiger partial charge on any atom is 0.123 e. The summed E-state index contributed by atoms with van der Waals surface area (Å²) in [6.07, 6.45) is 3.88. The molecule has 0 aliphatic rings. The van der Waals surface area contributed by atoms with Crippen LogP contribution in [0.4, 0.5) is 0 Å². The molecule has 0 spiro atoms. The molecule has 0 saturated carbocycles. The van der Waals surface area contributed by atoms with E-state index >= 15 is 0 Å². The summed E-state index contributed by atoms with van der Waals surface area (Å²) in [7, 11) is 0. The molecule has 2 aromatic carbocycles. The van der Waals surface area contributed by atoms with Gasteiger partial charge in [-0.1, -0.05) is 60.7 Å². The van der Waals surface area contributed by atoms with Crippen LogP contribution < -0.4 is 10.6 Å². The molecule has 2 N–H and O–H groups in total. The van der Waals surface area contributed by atoms with E-state index in [1.807, 2.05) is 36.4 Å². The van der Waals surface area contributed by atoms with Gasteiger partial charge >= 0.3 is 0 Å². The van der Waals surface area contributed by atoms with Gasteiger partial charge in [0.15, 0.2) is 0 Å². The van der Waals surface area contributed by atoms with E-state index in [4.69, 9.17) is 2.82 Å². The van der Waals surface area contributed by atoms with Gasteiger partial charge in [0, 0.05) is 6.67 Å². The second kappa shape index (κ2) is 10.1. The number of hydrogen-bond donors (Lipinski definition) is 2. The zero-order chi connectivity index (χ0) is 16.3. The van der Waals surface area contributed by atoms with Crippen LogP contribution in [0, 0.1) is 0 Å². The van der Waals surface area contributed by atoms with Gasteiger partial charge in [-0.3, -0.25) is 0 Å². The lowest BCUT2D eigenvalue weighted by Gasteiger charge is -2.07. The molecule has 0 aromatic heterocycles. The molecule has 2 aromatic rings. The summed E-state index contributed by atoms with van der Waals surface area (Å²) >= 11 is 0. The zero-order valence-corrected chi connectivity index (χ0v) is 12.6. The maximum atomic E-state index is 7.94. The van der Waals surface area contributed by atoms with Crippen molar-refractivity contribution >= 4 is 0 Å². The summed E-state index contributed by atoms with van der Waals surface area (Å²) in [6.45, 7) is 1.77. The van der Waals surface area contributed by atoms with E-state index in [1.54, 1.807) is 0 Å². The molecular weight excluding hydrogens is 256 g/mol. The van der Waals surface area contributed by atoms with Gasteiger partial charge in [0.05, 0.1) is 0 Å². The van der Waals surface area contributed by atoms with Gasteiger partial charge in [-0.2, -0.15) is 0 Å². The Morgan fingerprint density at radius 3 is 1.52 bits per heavy atom. The molecule has 0 fully saturated rings. The fourth-order valence-corrected chi connectivity index (χ4v) is 2.29. The second-order valence-corrected chi connectivity index (χ2v) is 5.21. The van der Waals surface area contributed by atoms with Crippen LogP contribution in [0.15, 0.2) is 60.7 Å². The summed E-state index contributed by atoms with van der Waals surface area (Å²) in [5.41, 5.74) is 2.62. The molecule has 0 aliphatic carbocycles. The van der Waals surface area contributed by atoms with Crippen molar-refractivity contribution in [2.45, 2.75) is 25.7 Å². The minimum absolute atomic E-state index is 0.379. The highest BCUT2D eigenvalue weighted by molar-refractivity contribution is 5.15. The maximum absolute atomic E-state index is 7.94. The van der Waals surface area contributed by atoms with Gasteiger partial charge < -0.3 is 10.6 Å². The fourth-order valence-electron chi connectivity index (χ4n) is 2.29. The summed E-state index contributed by atoms with van der Waals surface area (Å²) in [4.78, 5) is 0. The first-order valence-electron chi connectivity index (χ1n) is 8.69. The Balaban J connectivity index is 1.56. The Morgan fingerprint density at radius 2 is 1.10 bits per heavy atom. The third kappa shape index (κ3) is 7.07. The van der Waals surface area contributed by atoms with Crippen molar-refractivity contribution in [2.24, 2.45) is 0 Å². The van der Waals surface area contributed by atoms with Crippen molar-refractivity contribution in [1.29, 1.82) is 0 Å². The van der Waals surface area contributed by atoms with E-state index in [0.29, 0.717) is 19.8 Å². The van der Waals surface area contributed by atoms with E-state index in [1.165, 1.54) is 21.7 Å². The Bertz CT molecular complexity index is 484. The molecule has 0 atom stereocenters. The van der Waals surface area contributed by atoms with Gasteiger partial charge in [-0.05, 0) is 49.9 Å². The Hall–Kier alpha value is -1.64. The fraction of sp³-hybridized carbons (Fsp3) is 0.368. The molecule has 2 nitrogen and oxygen atoms in total. The highest BCUT2D eigenvalue weighted by Gasteiger charge is 1.93. The topological polar surface area (TPSA) is 24.1 Å². The van der Waals surface area contributed by atoms with Crippen molar-refractivity contribution < 1.29 is 2.82 Å². The van der Waals surface area contributed by atoms with Crippen LogP contribution >= 0.6 is 0 Å². The average Bonchev–Trinajstić information content (AvgIpc) is 2.57. The predicted octanol–water partition coefficient (Wildman–Crippen LogP) is 3.39. The monoisotopic (exact) mass is 284 g/mol. The van der Waals surface area contributed by atoms with Gasteiger partial charge in [-0.25, -0.2) is 0 Å². The number of benzene rings is 2. The van der Waals surface area contributed by atoms with Crippen molar-refractivity contribution in [3.05, 3.63) is 71.8 Å². The lowest BCUT2D eigenvalue weighted by molar-refractivity contribution is 0.558. The normalized spacial score (nSPS) is 12.5. The van der Waals surface area contributed by atoms with E-state index < -0.39 is 0 Å². The van der Waals surface area contributed by atoms with Crippen LogP contribution in [-0.2, 0) is 12.8 Å². The summed E-state index contributed by atoms with van der Waals surface area (Å²) in [5, 5.41) is 2.97. The van der Waals surface area contributed by atoms with E-state index in [9.17, 15) is 0 Å². The number of rotatable bonds is 10. The van der Waals surface area contributed by atoms with Crippen molar-refractivity contribution in [3.63, 3.8) is 0 Å². The van der Waals surface area contributed by atoms with Crippen LogP contribution in [0.1, 0.15) is 24.0 Å². The third-order valence-electron chi connectivity index (χ3n) is 3.45. The van der Waals surface area contributed by atoms with Gasteiger partial charge in [0.2, 0.25) is 0 Å². The van der Waals surface area contributed by atoms with E-state index in [2.05, 4.69) is 24.3 Å². The van der Waals surface area contributed by atoms with Crippen molar-refractivity contribution in [2.75, 3.05) is 19.8 Å². The quantitative estimate of drug-likeness (QED) is 0.654. The third-order valence-corrected chi connectivity index (χ3v) is 3.45. The van der Waals surface area contributed by atoms with Crippen LogP contribution in [0.25, 0.3) is 0 Å². The molecule has 112 valence electrons. The minimum atomic E-state index is 0.379. The van der Waals surface area contributed by atoms with Gasteiger partial charge in [0.1, 0.15) is 2.82 Å². The second-order valence-electron chi connectivity index (χ2n) is 5.21. The Labute approximate surface area is 131 Å². The predicted molar refractivity (Wildman–Crippen MR) is 90.4 cm³/mol. The molecule has 2 rings (SSSR count). The molecule has 2 heteroatoms. The first-order valence-corrected chi connectivity index (χ1v) is 7.79. The molecule has 0 unspecified atom stereocenters. The van der Waals surface area contributed by atoms with Crippen LogP contribution in [0.5, 0.6) is 0 Å². The van der Waals surface area contributed by atoms with Gasteiger partial charge in [-0.15, -0.1) is 0 Å². The number of hydrogen-bond acceptors (Lipinski definition) is 2. The lowest BCUT2D eigenvalue weighted by atomic mass is 10.1. The molecule has 0 radical (unpaired) electrons. The highest BCUT2D eigenvalue weighted by atomic mass is 15.0. The smallest absolute Gasteiger partial charge is 0.123 e. The summed E-state index contributed by atoms with van der Waals surface area (Å²) in [5.74, 6) is 0. The Morgan fingerprint density at radius 1 is 0.667 bits per heavy atom. The summed E-state index contributed by atoms with van der Waals surface area (Å²) < 4.78 is 15.9. The summed E-state index contributed by atoms with van der Waals surface area (Å²) in [6, 6.07) is 20.7. The number of aryl methyl sites for hydroxylation is 2. The highest BCUT2D eigenvalue weighted by Crippen LogP contribution is 2.02.